The van der Waals surface area contributed by atoms with Gasteiger partial charge >= 0.3 is 12.4 Å². The molecule has 5 nitrogen and oxygen atoms in total. The van der Waals surface area contributed by atoms with Gasteiger partial charge in [-0.2, -0.15) is 26.3 Å². The standard InChI is InChI=1S/C21H12Br2F6N2O3/c22-11-5-10(6-12(23)7-11)19(21(27,28)29)8-16(31-34-19)15-2-1-14(13-3-4-33-17(13)15)18(32)30-9-20(24,25)26/h1-7H,8-9H2,(H,30,32). The molecule has 0 fully saturated rings. The second-order valence-corrected chi connectivity index (χ2v) is 9.24. The average molecular weight is 614 g/mol. The second-order valence-electron chi connectivity index (χ2n) is 7.41. The smallest absolute Gasteiger partial charge is 0.435 e. The first kappa shape index (κ1) is 24.6. The predicted octanol–water partition coefficient (Wildman–Crippen LogP) is 6.83. The van der Waals surface area contributed by atoms with Gasteiger partial charge in [0.05, 0.1) is 24.0 Å². The molecular weight excluding hydrogens is 602 g/mol. The maximum Gasteiger partial charge on any atom is 0.435 e. The monoisotopic (exact) mass is 612 g/mol. The molecule has 0 radical (unpaired) electrons. The van der Waals surface area contributed by atoms with E-state index in [4.69, 9.17) is 9.25 Å². The summed E-state index contributed by atoms with van der Waals surface area (Å²) in [6.07, 6.45) is -8.98. The van der Waals surface area contributed by atoms with Gasteiger partial charge in [-0.1, -0.05) is 37.0 Å². The summed E-state index contributed by atoms with van der Waals surface area (Å²) < 4.78 is 86.3. The van der Waals surface area contributed by atoms with E-state index >= 15 is 0 Å². The molecule has 1 aromatic heterocycles. The van der Waals surface area contributed by atoms with Gasteiger partial charge in [0, 0.05) is 25.5 Å². The van der Waals surface area contributed by atoms with Crippen molar-refractivity contribution in [3.63, 3.8) is 0 Å². The molecule has 1 aliphatic heterocycles. The van der Waals surface area contributed by atoms with Crippen molar-refractivity contribution < 1.29 is 40.4 Å². The molecule has 2 heterocycles. The third-order valence-corrected chi connectivity index (χ3v) is 6.05. The van der Waals surface area contributed by atoms with E-state index in [0.717, 1.165) is 0 Å². The Morgan fingerprint density at radius 2 is 1.74 bits per heavy atom. The minimum atomic E-state index is -4.85. The fourth-order valence-electron chi connectivity index (χ4n) is 3.60. The number of nitrogens with one attached hydrogen (secondary N) is 1. The van der Waals surface area contributed by atoms with Crippen LogP contribution < -0.4 is 5.32 Å². The molecule has 1 aliphatic rings. The van der Waals surface area contributed by atoms with E-state index in [1.54, 1.807) is 11.4 Å². The molecule has 4 rings (SSSR count). The maximum absolute atomic E-state index is 14.3. The first-order chi connectivity index (χ1) is 15.8. The van der Waals surface area contributed by atoms with E-state index in [1.165, 1.54) is 36.6 Å². The lowest BCUT2D eigenvalue weighted by molar-refractivity contribution is -0.275. The van der Waals surface area contributed by atoms with Gasteiger partial charge in [-0.25, -0.2) is 0 Å². The van der Waals surface area contributed by atoms with Gasteiger partial charge in [0.15, 0.2) is 0 Å². The third kappa shape index (κ3) is 4.54. The molecule has 13 heteroatoms. The van der Waals surface area contributed by atoms with Gasteiger partial charge in [-0.05, 0) is 36.4 Å². The summed E-state index contributed by atoms with van der Waals surface area (Å²) >= 11 is 6.34. The lowest BCUT2D eigenvalue weighted by atomic mass is 9.86. The Morgan fingerprint density at radius 3 is 2.35 bits per heavy atom. The normalized spacial score (nSPS) is 18.6. The Balaban J connectivity index is 1.71. The van der Waals surface area contributed by atoms with E-state index < -0.39 is 36.8 Å². The van der Waals surface area contributed by atoms with Crippen molar-refractivity contribution >= 4 is 54.4 Å². The van der Waals surface area contributed by atoms with Crippen molar-refractivity contribution in [2.75, 3.05) is 6.54 Å². The molecule has 180 valence electrons. The van der Waals surface area contributed by atoms with E-state index in [2.05, 4.69) is 37.0 Å². The number of carbonyl (C=O) groups is 1. The Kier molecular flexibility index (Phi) is 6.21. The number of hydrogen-bond acceptors (Lipinski definition) is 4. The van der Waals surface area contributed by atoms with Gasteiger partial charge < -0.3 is 14.6 Å². The average Bonchev–Trinajstić information content (AvgIpc) is 3.38. The van der Waals surface area contributed by atoms with E-state index in [1.807, 2.05) is 0 Å². The van der Waals surface area contributed by atoms with Crippen LogP contribution in [0.5, 0.6) is 0 Å². The molecule has 1 unspecified atom stereocenters. The first-order valence-corrected chi connectivity index (χ1v) is 11.0. The van der Waals surface area contributed by atoms with Crippen LogP contribution in [0.25, 0.3) is 11.0 Å². The van der Waals surface area contributed by atoms with Crippen molar-refractivity contribution in [3.8, 4) is 0 Å². The van der Waals surface area contributed by atoms with E-state index in [-0.39, 0.29) is 33.4 Å². The lowest BCUT2D eigenvalue weighted by Crippen LogP contribution is -2.42. The number of oxime groups is 1. The van der Waals surface area contributed by atoms with E-state index in [9.17, 15) is 31.1 Å². The SMILES string of the molecule is O=C(NCC(F)(F)F)c1ccc(C2=NOC(c3cc(Br)cc(Br)c3)(C(F)(F)F)C2)c2occc12. The highest BCUT2D eigenvalue weighted by Gasteiger charge is 2.62. The van der Waals surface area contributed by atoms with Crippen molar-refractivity contribution in [1.29, 1.82) is 0 Å². The van der Waals surface area contributed by atoms with Crippen LogP contribution in [0.3, 0.4) is 0 Å². The van der Waals surface area contributed by atoms with Crippen LogP contribution in [0.1, 0.15) is 27.9 Å². The summed E-state index contributed by atoms with van der Waals surface area (Å²) in [6.45, 7) is -1.54. The zero-order chi connectivity index (χ0) is 24.9. The van der Waals surface area contributed by atoms with Crippen molar-refractivity contribution in [2.45, 2.75) is 24.4 Å². The van der Waals surface area contributed by atoms with Gasteiger partial charge in [0.2, 0.25) is 0 Å². The highest BCUT2D eigenvalue weighted by molar-refractivity contribution is 9.11. The number of benzene rings is 2. The molecule has 1 N–H and O–H groups in total. The molecule has 1 amide bonds. The third-order valence-electron chi connectivity index (χ3n) is 5.14. The number of furan rings is 1. The molecule has 0 saturated carbocycles. The van der Waals surface area contributed by atoms with Gasteiger partial charge in [0.1, 0.15) is 12.1 Å². The number of fused-ring (bicyclic) bond motifs is 1. The van der Waals surface area contributed by atoms with Crippen LogP contribution in [0.4, 0.5) is 26.3 Å². The molecule has 0 aliphatic carbocycles. The maximum atomic E-state index is 14.3. The largest absolute Gasteiger partial charge is 0.464 e. The summed E-state index contributed by atoms with van der Waals surface area (Å²) in [5, 5.41) is 5.57. The Morgan fingerprint density at radius 1 is 1.06 bits per heavy atom. The number of halogens is 8. The predicted molar refractivity (Wildman–Crippen MR) is 116 cm³/mol. The van der Waals surface area contributed by atoms with Gasteiger partial charge in [0.25, 0.3) is 11.5 Å². The van der Waals surface area contributed by atoms with Crippen LogP contribution in [0.15, 0.2) is 61.2 Å². The molecule has 3 aromatic rings. The van der Waals surface area contributed by atoms with Crippen molar-refractivity contribution in [2.24, 2.45) is 5.16 Å². The summed E-state index contributed by atoms with van der Waals surface area (Å²) in [6, 6.07) is 7.91. The van der Waals surface area contributed by atoms with Crippen LogP contribution >= 0.6 is 31.9 Å². The number of nitrogens with zero attached hydrogens (tertiary/aromatic N) is 1. The quantitative estimate of drug-likeness (QED) is 0.328. The minimum absolute atomic E-state index is 0.00425. The van der Waals surface area contributed by atoms with Gasteiger partial charge in [-0.3, -0.25) is 4.79 Å². The zero-order valence-electron chi connectivity index (χ0n) is 16.7. The number of alkyl halides is 6. The molecular formula is C21H12Br2F6N2O3. The topological polar surface area (TPSA) is 63.8 Å². The molecule has 1 atom stereocenters. The van der Waals surface area contributed by atoms with Crippen LogP contribution in [0, 0.1) is 0 Å². The number of carbonyl (C=O) groups excluding carboxylic acids is 1. The lowest BCUT2D eigenvalue weighted by Gasteiger charge is -2.29. The van der Waals surface area contributed by atoms with Gasteiger partial charge in [-0.15, -0.1) is 0 Å². The summed E-state index contributed by atoms with van der Waals surface area (Å²) in [4.78, 5) is 17.3. The fourth-order valence-corrected chi connectivity index (χ4v) is 4.89. The van der Waals surface area contributed by atoms with Crippen LogP contribution in [-0.4, -0.2) is 30.5 Å². The molecule has 0 bridgehead atoms. The second kappa shape index (κ2) is 8.59. The molecule has 0 spiro atoms. The number of hydrogen-bond donors (Lipinski definition) is 1. The number of rotatable bonds is 4. The van der Waals surface area contributed by atoms with Crippen molar-refractivity contribution in [3.05, 3.63) is 68.3 Å². The molecule has 34 heavy (non-hydrogen) atoms. The highest BCUT2D eigenvalue weighted by atomic mass is 79.9. The van der Waals surface area contributed by atoms with E-state index in [0.29, 0.717) is 8.95 Å². The Labute approximate surface area is 204 Å². The molecule has 2 aromatic carbocycles. The summed E-state index contributed by atoms with van der Waals surface area (Å²) in [7, 11) is 0. The summed E-state index contributed by atoms with van der Waals surface area (Å²) in [5.74, 6) is -1.01. The Bertz CT molecular complexity index is 1280. The van der Waals surface area contributed by atoms with Crippen molar-refractivity contribution in [1.82, 2.24) is 5.32 Å². The first-order valence-electron chi connectivity index (χ1n) is 9.45. The minimum Gasteiger partial charge on any atom is -0.464 e. The fraction of sp³-hybridized carbons (Fsp3) is 0.238. The molecule has 0 saturated heterocycles. The highest BCUT2D eigenvalue weighted by Crippen LogP contribution is 2.50. The zero-order valence-corrected chi connectivity index (χ0v) is 19.8. The summed E-state index contributed by atoms with van der Waals surface area (Å²) in [5.41, 5.74) is -3.09. The number of amides is 1. The Hall–Kier alpha value is -2.54. The van der Waals surface area contributed by atoms with Crippen LogP contribution in [-0.2, 0) is 10.4 Å². The van der Waals surface area contributed by atoms with Crippen LogP contribution in [0.2, 0.25) is 0 Å².